The summed E-state index contributed by atoms with van der Waals surface area (Å²) < 4.78 is 19.3. The molecule has 0 radical (unpaired) electrons. The number of halogens is 1. The SMILES string of the molecule is CCCN1CCCc2ccc(CNc3ccc(CCC(=O)OCC)c(F)c3)nc21. The summed E-state index contributed by atoms with van der Waals surface area (Å²) in [5, 5.41) is 3.26. The van der Waals surface area contributed by atoms with Crippen molar-refractivity contribution in [1.82, 2.24) is 4.98 Å². The molecular weight excluding hydrogens is 369 g/mol. The van der Waals surface area contributed by atoms with Gasteiger partial charge in [0.15, 0.2) is 0 Å². The van der Waals surface area contributed by atoms with Gasteiger partial charge in [-0.2, -0.15) is 0 Å². The Kier molecular flexibility index (Phi) is 7.44. The number of hydrogen-bond acceptors (Lipinski definition) is 5. The molecule has 1 N–H and O–H groups in total. The van der Waals surface area contributed by atoms with Crippen LogP contribution in [0.4, 0.5) is 15.9 Å². The number of anilines is 2. The molecule has 0 bridgehead atoms. The second-order valence-electron chi connectivity index (χ2n) is 7.34. The molecule has 3 rings (SSSR count). The highest BCUT2D eigenvalue weighted by atomic mass is 19.1. The van der Waals surface area contributed by atoms with E-state index in [1.807, 2.05) is 12.1 Å². The van der Waals surface area contributed by atoms with Gasteiger partial charge in [-0.3, -0.25) is 4.79 Å². The first-order chi connectivity index (χ1) is 14.1. The third kappa shape index (κ3) is 5.68. The number of hydrogen-bond donors (Lipinski definition) is 1. The number of aromatic nitrogens is 1. The molecule has 2 heterocycles. The second-order valence-corrected chi connectivity index (χ2v) is 7.34. The second kappa shape index (κ2) is 10.2. The van der Waals surface area contributed by atoms with Crippen molar-refractivity contribution in [2.24, 2.45) is 0 Å². The van der Waals surface area contributed by atoms with Gasteiger partial charge in [-0.15, -0.1) is 0 Å². The lowest BCUT2D eigenvalue weighted by molar-refractivity contribution is -0.143. The summed E-state index contributed by atoms with van der Waals surface area (Å²) in [6.45, 7) is 6.91. The van der Waals surface area contributed by atoms with Gasteiger partial charge in [0.25, 0.3) is 0 Å². The molecule has 156 valence electrons. The van der Waals surface area contributed by atoms with Crippen LogP contribution in [0.5, 0.6) is 0 Å². The van der Waals surface area contributed by atoms with Gasteiger partial charge in [-0.1, -0.05) is 19.1 Å². The quantitative estimate of drug-likeness (QED) is 0.630. The topological polar surface area (TPSA) is 54.5 Å². The van der Waals surface area contributed by atoms with Crippen LogP contribution in [-0.2, 0) is 28.9 Å². The molecule has 0 atom stereocenters. The maximum Gasteiger partial charge on any atom is 0.306 e. The standard InChI is InChI=1S/C23H30FN3O2/c1-3-13-27-14-5-6-18-8-11-20(26-23(18)27)16-25-19-10-7-17(21(24)15-19)9-12-22(28)29-4-2/h7-8,10-11,15,25H,3-6,9,12-14,16H2,1-2H3. The summed E-state index contributed by atoms with van der Waals surface area (Å²) in [4.78, 5) is 18.7. The van der Waals surface area contributed by atoms with Crippen LogP contribution in [0.2, 0.25) is 0 Å². The van der Waals surface area contributed by atoms with Crippen molar-refractivity contribution >= 4 is 17.5 Å². The van der Waals surface area contributed by atoms with E-state index in [4.69, 9.17) is 9.72 Å². The minimum absolute atomic E-state index is 0.185. The highest BCUT2D eigenvalue weighted by Gasteiger charge is 2.18. The van der Waals surface area contributed by atoms with Gasteiger partial charge in [0, 0.05) is 25.2 Å². The number of pyridine rings is 1. The van der Waals surface area contributed by atoms with E-state index in [0.717, 1.165) is 37.4 Å². The van der Waals surface area contributed by atoms with E-state index in [1.54, 1.807) is 13.0 Å². The average Bonchev–Trinajstić information content (AvgIpc) is 2.72. The van der Waals surface area contributed by atoms with Crippen molar-refractivity contribution in [3.8, 4) is 0 Å². The van der Waals surface area contributed by atoms with Gasteiger partial charge in [0.2, 0.25) is 0 Å². The molecule has 2 aromatic rings. The normalized spacial score (nSPS) is 13.1. The van der Waals surface area contributed by atoms with Gasteiger partial charge < -0.3 is 15.0 Å². The van der Waals surface area contributed by atoms with Gasteiger partial charge in [0.05, 0.1) is 18.8 Å². The molecule has 5 nitrogen and oxygen atoms in total. The predicted octanol–water partition coefficient (Wildman–Crippen LogP) is 4.49. The number of rotatable bonds is 9. The van der Waals surface area contributed by atoms with E-state index in [-0.39, 0.29) is 18.2 Å². The number of nitrogens with zero attached hydrogens (tertiary/aromatic N) is 2. The summed E-state index contributed by atoms with van der Waals surface area (Å²) in [6.07, 6.45) is 3.88. The number of aryl methyl sites for hydroxylation is 2. The Labute approximate surface area is 172 Å². The Morgan fingerprint density at radius 2 is 2.14 bits per heavy atom. The zero-order chi connectivity index (χ0) is 20.6. The number of fused-ring (bicyclic) bond motifs is 1. The van der Waals surface area contributed by atoms with Crippen molar-refractivity contribution in [1.29, 1.82) is 0 Å². The minimum Gasteiger partial charge on any atom is -0.466 e. The van der Waals surface area contributed by atoms with Gasteiger partial charge >= 0.3 is 5.97 Å². The van der Waals surface area contributed by atoms with Gasteiger partial charge in [-0.05, 0) is 61.9 Å². The van der Waals surface area contributed by atoms with Crippen molar-refractivity contribution in [3.05, 3.63) is 53.0 Å². The van der Waals surface area contributed by atoms with Crippen molar-refractivity contribution < 1.29 is 13.9 Å². The molecular formula is C23H30FN3O2. The molecule has 29 heavy (non-hydrogen) atoms. The van der Waals surface area contributed by atoms with E-state index in [1.165, 1.54) is 18.1 Å². The third-order valence-electron chi connectivity index (χ3n) is 5.11. The Morgan fingerprint density at radius 1 is 1.28 bits per heavy atom. The maximum absolute atomic E-state index is 14.4. The molecule has 0 saturated carbocycles. The fourth-order valence-corrected chi connectivity index (χ4v) is 3.66. The van der Waals surface area contributed by atoms with Crippen molar-refractivity contribution in [3.63, 3.8) is 0 Å². The highest BCUT2D eigenvalue weighted by molar-refractivity contribution is 5.69. The predicted molar refractivity (Wildman–Crippen MR) is 114 cm³/mol. The molecule has 6 heteroatoms. The minimum atomic E-state index is -0.313. The third-order valence-corrected chi connectivity index (χ3v) is 5.11. The van der Waals surface area contributed by atoms with Crippen LogP contribution in [0.15, 0.2) is 30.3 Å². The van der Waals surface area contributed by atoms with Crippen LogP contribution in [0, 0.1) is 5.82 Å². The van der Waals surface area contributed by atoms with E-state index in [2.05, 4.69) is 23.2 Å². The fourth-order valence-electron chi connectivity index (χ4n) is 3.66. The summed E-state index contributed by atoms with van der Waals surface area (Å²) in [6, 6.07) is 9.25. The average molecular weight is 400 g/mol. The first-order valence-electron chi connectivity index (χ1n) is 10.5. The number of carbonyl (C=O) groups is 1. The Balaban J connectivity index is 1.61. The highest BCUT2D eigenvalue weighted by Crippen LogP contribution is 2.26. The largest absolute Gasteiger partial charge is 0.466 e. The lowest BCUT2D eigenvalue weighted by atomic mass is 10.0. The number of benzene rings is 1. The van der Waals surface area contributed by atoms with E-state index in [9.17, 15) is 9.18 Å². The molecule has 0 saturated heterocycles. The Bertz CT molecular complexity index is 841. The molecule has 0 spiro atoms. The smallest absolute Gasteiger partial charge is 0.306 e. The van der Waals surface area contributed by atoms with Crippen LogP contribution in [0.25, 0.3) is 0 Å². The van der Waals surface area contributed by atoms with Crippen molar-refractivity contribution in [2.75, 3.05) is 29.9 Å². The fraction of sp³-hybridized carbons (Fsp3) is 0.478. The molecule has 0 fully saturated rings. The number of carbonyl (C=O) groups excluding carboxylic acids is 1. The molecule has 0 unspecified atom stereocenters. The first kappa shape index (κ1) is 21.1. The lowest BCUT2D eigenvalue weighted by Gasteiger charge is -2.30. The lowest BCUT2D eigenvalue weighted by Crippen LogP contribution is -2.31. The van der Waals surface area contributed by atoms with Crippen LogP contribution in [0.3, 0.4) is 0 Å². The van der Waals surface area contributed by atoms with Gasteiger partial charge in [0.1, 0.15) is 11.6 Å². The molecule has 0 aliphatic carbocycles. The number of esters is 1. The monoisotopic (exact) mass is 399 g/mol. The maximum atomic E-state index is 14.4. The van der Waals surface area contributed by atoms with Crippen molar-refractivity contribution in [2.45, 2.75) is 52.5 Å². The Morgan fingerprint density at radius 3 is 2.90 bits per heavy atom. The van der Waals surface area contributed by atoms with Gasteiger partial charge in [-0.25, -0.2) is 9.37 Å². The zero-order valence-corrected chi connectivity index (χ0v) is 17.3. The van der Waals surface area contributed by atoms with E-state index >= 15 is 0 Å². The molecule has 1 aliphatic heterocycles. The zero-order valence-electron chi connectivity index (χ0n) is 17.3. The number of ether oxygens (including phenoxy) is 1. The van der Waals surface area contributed by atoms with E-state index in [0.29, 0.717) is 30.8 Å². The van der Waals surface area contributed by atoms with E-state index < -0.39 is 0 Å². The van der Waals surface area contributed by atoms with Crippen LogP contribution in [-0.4, -0.2) is 30.6 Å². The molecule has 0 amide bonds. The molecule has 1 aromatic carbocycles. The van der Waals surface area contributed by atoms with Crippen LogP contribution >= 0.6 is 0 Å². The summed E-state index contributed by atoms with van der Waals surface area (Å²) in [5.74, 6) is 0.481. The number of nitrogens with one attached hydrogen (secondary N) is 1. The summed E-state index contributed by atoms with van der Waals surface area (Å²) >= 11 is 0. The van der Waals surface area contributed by atoms with Crippen LogP contribution < -0.4 is 10.2 Å². The molecule has 1 aromatic heterocycles. The Hall–Kier alpha value is -2.63. The molecule has 1 aliphatic rings. The van der Waals surface area contributed by atoms with Crippen LogP contribution in [0.1, 0.15) is 49.9 Å². The summed E-state index contributed by atoms with van der Waals surface area (Å²) in [5.41, 5.74) is 3.47. The summed E-state index contributed by atoms with van der Waals surface area (Å²) in [7, 11) is 0. The first-order valence-corrected chi connectivity index (χ1v) is 10.5.